The average molecular weight is 536 g/mol. The first-order valence-corrected chi connectivity index (χ1v) is 12.2. The quantitative estimate of drug-likeness (QED) is 0.150. The van der Waals surface area contributed by atoms with Crippen molar-refractivity contribution in [2.75, 3.05) is 5.01 Å². The number of benzene rings is 2. The van der Waals surface area contributed by atoms with Crippen LogP contribution in [-0.4, -0.2) is 17.1 Å². The highest BCUT2D eigenvalue weighted by atomic mass is 79.9. The molecule has 0 bridgehead atoms. The average Bonchev–Trinajstić information content (AvgIpc) is 3.49. The van der Waals surface area contributed by atoms with E-state index in [2.05, 4.69) is 26.0 Å². The predicted octanol–water partition coefficient (Wildman–Crippen LogP) is 6.31. The summed E-state index contributed by atoms with van der Waals surface area (Å²) in [6.07, 6.45) is 5.84. The van der Waals surface area contributed by atoms with Crippen molar-refractivity contribution in [3.63, 3.8) is 0 Å². The van der Waals surface area contributed by atoms with Crippen LogP contribution in [0.2, 0.25) is 0 Å². The summed E-state index contributed by atoms with van der Waals surface area (Å²) in [4.78, 5) is 31.4. The molecule has 0 saturated carbocycles. The maximum atomic E-state index is 13.1. The fraction of sp³-hybridized carbons (Fsp3) is 0. The molecule has 0 aliphatic heterocycles. The Morgan fingerprint density at radius 2 is 2.03 bits per heavy atom. The number of carbonyl (C=O) groups excluding carboxylic acids is 1. The van der Waals surface area contributed by atoms with E-state index in [0.29, 0.717) is 16.1 Å². The van der Waals surface area contributed by atoms with Gasteiger partial charge in [-0.15, -0.1) is 11.3 Å². The highest BCUT2D eigenvalue weighted by Crippen LogP contribution is 2.31. The normalized spacial score (nSPS) is 11.8. The minimum Gasteiger partial charge on any atom is -0.463 e. The number of aromatic nitrogens is 1. The second kappa shape index (κ2) is 9.22. The third-order valence-electron chi connectivity index (χ3n) is 4.68. The Kier molecular flexibility index (Phi) is 5.99. The molecule has 0 atom stereocenters. The smallest absolute Gasteiger partial charge is 0.273 e. The van der Waals surface area contributed by atoms with Crippen LogP contribution < -0.4 is 10.4 Å². The maximum Gasteiger partial charge on any atom is 0.273 e. The van der Waals surface area contributed by atoms with Gasteiger partial charge in [-0.05, 0) is 47.9 Å². The molecule has 33 heavy (non-hydrogen) atoms. The van der Waals surface area contributed by atoms with Gasteiger partial charge in [-0.25, -0.2) is 4.98 Å². The number of para-hydroxylation sites is 1. The van der Waals surface area contributed by atoms with E-state index < -0.39 is 0 Å². The van der Waals surface area contributed by atoms with Crippen molar-refractivity contribution in [3.8, 4) is 0 Å². The highest BCUT2D eigenvalue weighted by Gasteiger charge is 2.18. The van der Waals surface area contributed by atoms with E-state index in [0.717, 1.165) is 19.6 Å². The number of thiazole rings is 1. The topological polar surface area (TPSA) is 75.8 Å². The van der Waals surface area contributed by atoms with Crippen molar-refractivity contribution in [1.82, 2.24) is 4.98 Å². The molecule has 1 amide bonds. The highest BCUT2D eigenvalue weighted by molar-refractivity contribution is 9.10. The lowest BCUT2D eigenvalue weighted by Gasteiger charge is -2.11. The fourth-order valence-electron chi connectivity index (χ4n) is 3.09. The number of hydrogen-bond acceptors (Lipinski definition) is 7. The van der Waals surface area contributed by atoms with Gasteiger partial charge in [0.1, 0.15) is 11.8 Å². The second-order valence-corrected chi connectivity index (χ2v) is 9.77. The zero-order valence-corrected chi connectivity index (χ0v) is 20.1. The van der Waals surface area contributed by atoms with Crippen LogP contribution in [-0.2, 0) is 4.79 Å². The number of fused-ring (bicyclic) bond motifs is 2. The van der Waals surface area contributed by atoms with E-state index in [1.807, 2.05) is 35.7 Å². The molecule has 5 aromatic rings. The molecule has 0 fully saturated rings. The van der Waals surface area contributed by atoms with Gasteiger partial charge in [0.25, 0.3) is 5.91 Å². The van der Waals surface area contributed by atoms with Crippen LogP contribution in [0, 0.1) is 0 Å². The van der Waals surface area contributed by atoms with Crippen molar-refractivity contribution in [3.05, 3.63) is 97.5 Å². The van der Waals surface area contributed by atoms with Crippen LogP contribution in [0.15, 0.2) is 91.1 Å². The largest absolute Gasteiger partial charge is 0.463 e. The number of amides is 1. The van der Waals surface area contributed by atoms with E-state index in [-0.39, 0.29) is 16.9 Å². The summed E-state index contributed by atoms with van der Waals surface area (Å²) in [6.45, 7) is 0. The molecule has 162 valence electrons. The number of hydrogen-bond donors (Lipinski definition) is 0. The standard InChI is InChI=1S/C24H14BrN3O3S2/c25-16-7-9-19-21(12-16)33-24(27-19)28(22(29)10-8-17-4-3-11-32-17)26-13-15-14-31-20-6-2-1-5-18(20)23(15)30/h1-14H/b10-8+,26-13+. The molecule has 3 heterocycles. The number of hydrazone groups is 1. The Balaban J connectivity index is 1.55. The van der Waals surface area contributed by atoms with Crippen molar-refractivity contribution >= 4 is 83.1 Å². The van der Waals surface area contributed by atoms with Gasteiger partial charge in [0.05, 0.1) is 27.4 Å². The van der Waals surface area contributed by atoms with Crippen LogP contribution >= 0.6 is 38.6 Å². The van der Waals surface area contributed by atoms with E-state index in [9.17, 15) is 9.59 Å². The molecule has 6 nitrogen and oxygen atoms in total. The summed E-state index contributed by atoms with van der Waals surface area (Å²) in [6, 6.07) is 16.5. The van der Waals surface area contributed by atoms with Gasteiger partial charge in [-0.1, -0.05) is 45.5 Å². The first kappa shape index (κ1) is 21.4. The molecule has 0 spiro atoms. The molecular weight excluding hydrogens is 522 g/mol. The van der Waals surface area contributed by atoms with Crippen molar-refractivity contribution in [2.24, 2.45) is 5.10 Å². The summed E-state index contributed by atoms with van der Waals surface area (Å²) in [5.74, 6) is -0.386. The first-order valence-electron chi connectivity index (χ1n) is 9.75. The monoisotopic (exact) mass is 535 g/mol. The van der Waals surface area contributed by atoms with Gasteiger partial charge in [-0.3, -0.25) is 9.59 Å². The summed E-state index contributed by atoms with van der Waals surface area (Å²) in [7, 11) is 0. The molecule has 0 aliphatic carbocycles. The molecule has 0 radical (unpaired) electrons. The molecule has 0 saturated heterocycles. The van der Waals surface area contributed by atoms with Crippen molar-refractivity contribution < 1.29 is 9.21 Å². The molecular formula is C24H14BrN3O3S2. The number of nitrogens with zero attached hydrogens (tertiary/aromatic N) is 3. The number of thiophene rings is 1. The number of halogens is 1. The maximum absolute atomic E-state index is 13.1. The van der Waals surface area contributed by atoms with Gasteiger partial charge in [0.15, 0.2) is 0 Å². The fourth-order valence-corrected chi connectivity index (χ4v) is 5.19. The van der Waals surface area contributed by atoms with E-state index >= 15 is 0 Å². The first-order chi connectivity index (χ1) is 16.1. The molecule has 0 unspecified atom stereocenters. The Bertz CT molecular complexity index is 1590. The number of anilines is 1. The zero-order chi connectivity index (χ0) is 22.8. The molecule has 0 N–H and O–H groups in total. The zero-order valence-electron chi connectivity index (χ0n) is 16.8. The molecule has 5 rings (SSSR count). The third kappa shape index (κ3) is 4.56. The summed E-state index contributed by atoms with van der Waals surface area (Å²) >= 11 is 6.31. The summed E-state index contributed by atoms with van der Waals surface area (Å²) in [5.41, 5.74) is 1.25. The van der Waals surface area contributed by atoms with Crippen LogP contribution in [0.5, 0.6) is 0 Å². The van der Waals surface area contributed by atoms with Gasteiger partial charge in [0.2, 0.25) is 10.6 Å². The SMILES string of the molecule is O=C(/C=C/c1cccs1)N(/N=C/c1coc2ccccc2c1=O)c1nc2ccc(Br)cc2s1. The predicted molar refractivity (Wildman–Crippen MR) is 138 cm³/mol. The van der Waals surface area contributed by atoms with Gasteiger partial charge in [-0.2, -0.15) is 10.1 Å². The molecule has 9 heteroatoms. The van der Waals surface area contributed by atoms with Gasteiger partial charge in [0, 0.05) is 15.4 Å². The third-order valence-corrected chi connectivity index (χ3v) is 7.01. The van der Waals surface area contributed by atoms with Gasteiger partial charge < -0.3 is 4.42 Å². The van der Waals surface area contributed by atoms with E-state index in [4.69, 9.17) is 4.42 Å². The Morgan fingerprint density at radius 3 is 2.88 bits per heavy atom. The Hall–Kier alpha value is -3.40. The van der Waals surface area contributed by atoms with Crippen molar-refractivity contribution in [1.29, 1.82) is 0 Å². The Labute approximate surface area is 204 Å². The minimum absolute atomic E-state index is 0.227. The summed E-state index contributed by atoms with van der Waals surface area (Å²) in [5, 5.41) is 8.30. The van der Waals surface area contributed by atoms with E-state index in [1.54, 1.807) is 30.3 Å². The van der Waals surface area contributed by atoms with Crippen LogP contribution in [0.3, 0.4) is 0 Å². The minimum atomic E-state index is -0.386. The second-order valence-electron chi connectivity index (χ2n) is 6.87. The van der Waals surface area contributed by atoms with Gasteiger partial charge >= 0.3 is 0 Å². The Morgan fingerprint density at radius 1 is 1.15 bits per heavy atom. The van der Waals surface area contributed by atoms with E-state index in [1.165, 1.54) is 46.2 Å². The van der Waals surface area contributed by atoms with Crippen LogP contribution in [0.25, 0.3) is 27.3 Å². The lowest BCUT2D eigenvalue weighted by atomic mass is 10.2. The number of carbonyl (C=O) groups is 1. The molecule has 0 aliphatic rings. The molecule has 3 aromatic heterocycles. The number of rotatable bonds is 5. The lowest BCUT2D eigenvalue weighted by molar-refractivity contribution is -0.114. The molecule has 2 aromatic carbocycles. The van der Waals surface area contributed by atoms with Crippen molar-refractivity contribution in [2.45, 2.75) is 0 Å². The van der Waals surface area contributed by atoms with Crippen LogP contribution in [0.4, 0.5) is 5.13 Å². The summed E-state index contributed by atoms with van der Waals surface area (Å²) < 4.78 is 7.37. The lowest BCUT2D eigenvalue weighted by Crippen LogP contribution is -2.24. The van der Waals surface area contributed by atoms with Crippen LogP contribution in [0.1, 0.15) is 10.4 Å².